The molecule has 9 rings (SSSR count). The largest absolute Gasteiger partial charge is 0.369 e. The summed E-state index contributed by atoms with van der Waals surface area (Å²) in [5.74, 6) is 0.153. The fraction of sp³-hybridized carbons (Fsp3) is 0.286. The first kappa shape index (κ1) is 24.9. The van der Waals surface area contributed by atoms with Crippen LogP contribution in [-0.4, -0.2) is 46.4 Å². The second kappa shape index (κ2) is 8.27. The number of halogens is 2. The van der Waals surface area contributed by atoms with Gasteiger partial charge in [0.2, 0.25) is 0 Å². The SMILES string of the molecule is O=C1/C(=C/c2ccc(Br)cc2)CN2CC13[C@@H](c1ccc(Br)cc1)[C@@H]1CCCN1C31c3cccc4cccc(c34)C21O. The van der Waals surface area contributed by atoms with Crippen LogP contribution in [0.4, 0.5) is 0 Å². The lowest BCUT2D eigenvalue weighted by molar-refractivity contribution is -0.173. The van der Waals surface area contributed by atoms with Crippen LogP contribution >= 0.6 is 31.9 Å². The Kier molecular flexibility index (Phi) is 5.03. The molecule has 4 nitrogen and oxygen atoms in total. The number of Topliss-reactive ketones (excluding diaryl/α,β-unsaturated/α-hetero) is 1. The third kappa shape index (κ3) is 2.75. The number of nitrogens with zero attached hydrogens (tertiary/aromatic N) is 2. The van der Waals surface area contributed by atoms with Gasteiger partial charge in [-0.3, -0.25) is 14.6 Å². The molecule has 0 amide bonds. The number of rotatable bonds is 2. The second-order valence-corrected chi connectivity index (χ2v) is 14.2. The van der Waals surface area contributed by atoms with Crippen LogP contribution in [0.2, 0.25) is 0 Å². The molecule has 0 saturated carbocycles. The number of carbonyl (C=O) groups is 1. The van der Waals surface area contributed by atoms with Crippen LogP contribution in [0.3, 0.4) is 0 Å². The van der Waals surface area contributed by atoms with Gasteiger partial charge in [0.05, 0.1) is 5.41 Å². The van der Waals surface area contributed by atoms with Crippen molar-refractivity contribution >= 4 is 54.5 Å². The van der Waals surface area contributed by atoms with E-state index in [0.717, 1.165) is 61.4 Å². The quantitative estimate of drug-likeness (QED) is 0.235. The number of fused-ring (bicyclic) bond motifs is 4. The highest BCUT2D eigenvalue weighted by Gasteiger charge is 2.87. The summed E-state index contributed by atoms with van der Waals surface area (Å²) in [4.78, 5) is 20.3. The van der Waals surface area contributed by atoms with Crippen LogP contribution in [0.1, 0.15) is 41.0 Å². The normalized spacial score (nSPS) is 35.7. The number of benzene rings is 4. The first-order chi connectivity index (χ1) is 19.9. The zero-order valence-electron chi connectivity index (χ0n) is 22.4. The molecule has 2 spiro atoms. The molecule has 4 fully saturated rings. The molecule has 1 aliphatic carbocycles. The van der Waals surface area contributed by atoms with E-state index in [9.17, 15) is 5.11 Å². The van der Waals surface area contributed by atoms with Gasteiger partial charge in [-0.05, 0) is 77.2 Å². The molecular formula is C35H28Br2N2O2. The molecule has 1 N–H and O–H groups in total. The first-order valence-electron chi connectivity index (χ1n) is 14.4. The summed E-state index contributed by atoms with van der Waals surface area (Å²) in [6, 6.07) is 29.7. The lowest BCUT2D eigenvalue weighted by atomic mass is 9.56. The zero-order valence-corrected chi connectivity index (χ0v) is 25.5. The molecule has 0 aromatic heterocycles. The minimum Gasteiger partial charge on any atom is -0.369 e. The molecule has 6 heteroatoms. The van der Waals surface area contributed by atoms with Crippen LogP contribution in [-0.2, 0) is 16.1 Å². The van der Waals surface area contributed by atoms with Crippen molar-refractivity contribution in [2.75, 3.05) is 19.6 Å². The van der Waals surface area contributed by atoms with E-state index in [1.165, 1.54) is 5.56 Å². The van der Waals surface area contributed by atoms with Gasteiger partial charge in [-0.1, -0.05) is 92.5 Å². The fourth-order valence-electron chi connectivity index (χ4n) is 9.77. The smallest absolute Gasteiger partial charge is 0.170 e. The van der Waals surface area contributed by atoms with Crippen molar-refractivity contribution in [1.29, 1.82) is 0 Å². The van der Waals surface area contributed by atoms with Crippen molar-refractivity contribution in [3.63, 3.8) is 0 Å². The lowest BCUT2D eigenvalue weighted by Crippen LogP contribution is -2.61. The number of aliphatic hydroxyl groups is 1. The van der Waals surface area contributed by atoms with Crippen molar-refractivity contribution < 1.29 is 9.90 Å². The van der Waals surface area contributed by atoms with E-state index >= 15 is 4.79 Å². The third-order valence-electron chi connectivity index (χ3n) is 10.9. The van der Waals surface area contributed by atoms with Crippen molar-refractivity contribution in [2.45, 2.75) is 36.1 Å². The molecule has 0 radical (unpaired) electrons. The monoisotopic (exact) mass is 666 g/mol. The predicted molar refractivity (Wildman–Crippen MR) is 167 cm³/mol. The Morgan fingerprint density at radius 2 is 1.56 bits per heavy atom. The van der Waals surface area contributed by atoms with Gasteiger partial charge < -0.3 is 5.11 Å². The van der Waals surface area contributed by atoms with Gasteiger partial charge in [-0.25, -0.2) is 0 Å². The number of hydrogen-bond acceptors (Lipinski definition) is 4. The Labute approximate surface area is 255 Å². The number of ketones is 1. The molecule has 4 aromatic rings. The van der Waals surface area contributed by atoms with Gasteiger partial charge in [0, 0.05) is 45.1 Å². The van der Waals surface area contributed by atoms with E-state index in [4.69, 9.17) is 0 Å². The van der Waals surface area contributed by atoms with Crippen molar-refractivity contribution in [3.8, 4) is 0 Å². The Morgan fingerprint density at radius 1 is 0.878 bits per heavy atom. The molecule has 4 aliphatic heterocycles. The first-order valence-corrected chi connectivity index (χ1v) is 16.0. The van der Waals surface area contributed by atoms with Crippen molar-refractivity contribution in [2.24, 2.45) is 5.41 Å². The molecule has 4 heterocycles. The summed E-state index contributed by atoms with van der Waals surface area (Å²) in [5, 5.41) is 15.7. The average molecular weight is 668 g/mol. The lowest BCUT2D eigenvalue weighted by Gasteiger charge is -2.48. The molecule has 6 atom stereocenters. The number of piperidine rings is 1. The van der Waals surface area contributed by atoms with E-state index in [-0.39, 0.29) is 17.7 Å². The molecule has 204 valence electrons. The summed E-state index contributed by atoms with van der Waals surface area (Å²) >= 11 is 7.18. The van der Waals surface area contributed by atoms with E-state index in [1.54, 1.807) is 0 Å². The highest BCUT2D eigenvalue weighted by Crippen LogP contribution is 2.78. The summed E-state index contributed by atoms with van der Waals surface area (Å²) in [5.41, 5.74) is 2.03. The predicted octanol–water partition coefficient (Wildman–Crippen LogP) is 6.95. The van der Waals surface area contributed by atoms with E-state index in [1.807, 2.05) is 24.3 Å². The highest BCUT2D eigenvalue weighted by molar-refractivity contribution is 9.10. The molecule has 4 unspecified atom stereocenters. The minimum atomic E-state index is -1.31. The fourth-order valence-corrected chi connectivity index (χ4v) is 10.3. The maximum absolute atomic E-state index is 15.4. The Balaban J connectivity index is 1.38. The molecule has 2 bridgehead atoms. The Hall–Kier alpha value is -2.61. The maximum atomic E-state index is 15.4. The van der Waals surface area contributed by atoms with Gasteiger partial charge in [-0.2, -0.15) is 0 Å². The molecule has 4 aromatic carbocycles. The van der Waals surface area contributed by atoms with Gasteiger partial charge in [0.25, 0.3) is 0 Å². The highest BCUT2D eigenvalue weighted by atomic mass is 79.9. The Morgan fingerprint density at radius 3 is 2.29 bits per heavy atom. The minimum absolute atomic E-state index is 0.0414. The van der Waals surface area contributed by atoms with Crippen molar-refractivity contribution in [3.05, 3.63) is 122 Å². The van der Waals surface area contributed by atoms with E-state index in [0.29, 0.717) is 13.1 Å². The molecular weight excluding hydrogens is 640 g/mol. The summed E-state index contributed by atoms with van der Waals surface area (Å²) < 4.78 is 2.04. The van der Waals surface area contributed by atoms with Gasteiger partial charge in [-0.15, -0.1) is 0 Å². The van der Waals surface area contributed by atoms with Crippen LogP contribution in [0, 0.1) is 5.41 Å². The van der Waals surface area contributed by atoms with E-state index < -0.39 is 16.7 Å². The summed E-state index contributed by atoms with van der Waals surface area (Å²) in [6.45, 7) is 1.84. The molecule has 5 aliphatic rings. The van der Waals surface area contributed by atoms with Gasteiger partial charge in [0.1, 0.15) is 5.54 Å². The molecule has 4 saturated heterocycles. The van der Waals surface area contributed by atoms with Crippen molar-refractivity contribution in [1.82, 2.24) is 9.80 Å². The van der Waals surface area contributed by atoms with Gasteiger partial charge >= 0.3 is 0 Å². The van der Waals surface area contributed by atoms with Gasteiger partial charge in [0.15, 0.2) is 11.5 Å². The number of carbonyl (C=O) groups excluding carboxylic acids is 1. The van der Waals surface area contributed by atoms with Crippen LogP contribution in [0.5, 0.6) is 0 Å². The standard InChI is InChI=1S/C35H28Br2N2O2/c36-25-13-9-21(10-14-25)18-24-19-38-20-33(32(24)40)31(23-11-15-26(37)16-12-23)29-8-3-17-39(29)34(33)27-6-1-4-22-5-2-7-28(30(22)27)35(34,38)41/h1-2,4-7,9-16,18,29,31,41H,3,8,17,19-20H2/b24-18+/t29-,31-,33?,34?,35?/m0/s1. The third-order valence-corrected chi connectivity index (χ3v) is 11.9. The van der Waals surface area contributed by atoms with E-state index in [2.05, 4.69) is 108 Å². The maximum Gasteiger partial charge on any atom is 0.170 e. The van der Waals surface area contributed by atoms with Crippen LogP contribution < -0.4 is 0 Å². The second-order valence-electron chi connectivity index (χ2n) is 12.4. The topological polar surface area (TPSA) is 43.8 Å². The average Bonchev–Trinajstić information content (AvgIpc) is 3.65. The Bertz CT molecular complexity index is 1810. The summed E-state index contributed by atoms with van der Waals surface area (Å²) in [7, 11) is 0. The summed E-state index contributed by atoms with van der Waals surface area (Å²) in [6.07, 6.45) is 4.15. The number of hydrogen-bond donors (Lipinski definition) is 1. The van der Waals surface area contributed by atoms with Crippen LogP contribution in [0.25, 0.3) is 16.8 Å². The zero-order chi connectivity index (χ0) is 27.7. The molecule has 41 heavy (non-hydrogen) atoms. The van der Waals surface area contributed by atoms with Crippen LogP contribution in [0.15, 0.2) is 99.4 Å².